The molecule has 2 unspecified atom stereocenters. The molecule has 8 rings (SSSR count). The third-order valence-corrected chi connectivity index (χ3v) is 14.9. The summed E-state index contributed by atoms with van der Waals surface area (Å²) in [5.41, 5.74) is 0.587. The van der Waals surface area contributed by atoms with Crippen molar-refractivity contribution >= 4 is 23.1 Å². The van der Waals surface area contributed by atoms with Crippen LogP contribution in [0.15, 0.2) is 12.2 Å². The minimum atomic E-state index is -0.215. The van der Waals surface area contributed by atoms with Gasteiger partial charge in [-0.05, 0) is 136 Å². The zero-order valence-corrected chi connectivity index (χ0v) is 21.7. The summed E-state index contributed by atoms with van der Waals surface area (Å²) in [6.45, 7) is 8.12. The molecule has 0 aromatic rings. The Kier molecular flexibility index (Phi) is 5.25. The molecule has 8 aliphatic rings. The fraction of sp³-hybridized carbons (Fsp3) is 0.889. The molecule has 8 bridgehead atoms. The van der Waals surface area contributed by atoms with Crippen LogP contribution in [-0.2, 0) is 9.53 Å². The summed E-state index contributed by atoms with van der Waals surface area (Å²) in [7, 11) is 1.62. The fourth-order valence-electron chi connectivity index (χ4n) is 9.96. The van der Waals surface area contributed by atoms with E-state index in [4.69, 9.17) is 4.74 Å². The highest BCUT2D eigenvalue weighted by Crippen LogP contribution is 2.73. The predicted octanol–water partition coefficient (Wildman–Crippen LogP) is 7.46. The van der Waals surface area contributed by atoms with Crippen LogP contribution in [0.5, 0.6) is 0 Å². The molecule has 0 radical (unpaired) electrons. The van der Waals surface area contributed by atoms with Gasteiger partial charge in [0.25, 0.3) is 0 Å². The molecule has 31 heavy (non-hydrogen) atoms. The van der Waals surface area contributed by atoms with Crippen molar-refractivity contribution in [2.45, 2.75) is 113 Å². The highest BCUT2D eigenvalue weighted by Gasteiger charge is 2.58. The Morgan fingerprint density at radius 2 is 1.13 bits per heavy atom. The Bertz CT molecular complexity index is 655. The minimum Gasteiger partial charge on any atom is -0.447 e. The molecule has 0 spiro atoms. The van der Waals surface area contributed by atoms with Crippen LogP contribution in [0.3, 0.4) is 0 Å². The molecular weight excluding hydrogens is 418 g/mol. The topological polar surface area (TPSA) is 26.3 Å². The van der Waals surface area contributed by atoms with E-state index in [1.165, 1.54) is 77.0 Å². The average molecular weight is 461 g/mol. The smallest absolute Gasteiger partial charge is 0.334 e. The van der Waals surface area contributed by atoms with Gasteiger partial charge in [0, 0.05) is 5.57 Å². The summed E-state index contributed by atoms with van der Waals surface area (Å²) in [6, 6.07) is 0. The van der Waals surface area contributed by atoms with Crippen molar-refractivity contribution in [2.24, 2.45) is 35.5 Å². The first-order chi connectivity index (χ1) is 14.8. The van der Waals surface area contributed by atoms with Crippen molar-refractivity contribution < 1.29 is 9.53 Å². The first-order valence-corrected chi connectivity index (χ1v) is 15.2. The zero-order chi connectivity index (χ0) is 21.4. The number of ether oxygens (including phenoxy) is 1. The summed E-state index contributed by atoms with van der Waals surface area (Å²) >= 11 is 0. The van der Waals surface area contributed by atoms with Gasteiger partial charge in [-0.1, -0.05) is 30.7 Å². The molecule has 0 amide bonds. The summed E-state index contributed by atoms with van der Waals surface area (Å²) in [4.78, 5) is 13.0. The van der Waals surface area contributed by atoms with Crippen molar-refractivity contribution in [3.63, 3.8) is 0 Å². The maximum atomic E-state index is 13.0. The van der Waals surface area contributed by atoms with Gasteiger partial charge in [-0.25, -0.2) is 4.79 Å². The monoisotopic (exact) mass is 460 g/mol. The lowest BCUT2D eigenvalue weighted by Gasteiger charge is -2.61. The first-order valence-electron chi connectivity index (χ1n) is 13.2. The number of rotatable bonds is 7. The third-order valence-electron chi connectivity index (χ3n) is 10.1. The Hall–Kier alpha value is 0.0700. The van der Waals surface area contributed by atoms with Crippen molar-refractivity contribution in [1.82, 2.24) is 0 Å². The Balaban J connectivity index is 1.31. The quantitative estimate of drug-likeness (QED) is 0.224. The van der Waals surface area contributed by atoms with E-state index in [0.717, 1.165) is 59.1 Å². The molecule has 8 fully saturated rings. The Labute approximate surface area is 193 Å². The molecule has 0 aromatic heterocycles. The summed E-state index contributed by atoms with van der Waals surface area (Å²) < 4.78 is 6.61. The maximum absolute atomic E-state index is 13.0. The maximum Gasteiger partial charge on any atom is 0.334 e. The van der Waals surface area contributed by atoms with Gasteiger partial charge in [-0.15, -0.1) is 0 Å². The predicted molar refractivity (Wildman–Crippen MR) is 132 cm³/mol. The van der Waals surface area contributed by atoms with Crippen molar-refractivity contribution in [2.75, 3.05) is 0 Å². The number of esters is 1. The number of hydrogen-bond acceptors (Lipinski definition) is 2. The fourth-order valence-corrected chi connectivity index (χ4v) is 16.5. The lowest BCUT2D eigenvalue weighted by molar-refractivity contribution is -0.142. The van der Waals surface area contributed by atoms with E-state index < -0.39 is 0 Å². The summed E-state index contributed by atoms with van der Waals surface area (Å²) in [5, 5.41) is 0.748. The molecule has 2 nitrogen and oxygen atoms in total. The van der Waals surface area contributed by atoms with E-state index in [2.05, 4.69) is 13.5 Å². The molecule has 0 N–H and O–H groups in total. The van der Waals surface area contributed by atoms with Crippen molar-refractivity contribution in [1.29, 1.82) is 0 Å². The van der Waals surface area contributed by atoms with E-state index in [1.54, 1.807) is 0 Å². The first kappa shape index (κ1) is 21.6. The zero-order valence-electron chi connectivity index (χ0n) is 19.7. The minimum absolute atomic E-state index is 0.115. The van der Waals surface area contributed by atoms with Gasteiger partial charge >= 0.3 is 5.97 Å². The molecule has 4 heteroatoms. The molecule has 0 aromatic carbocycles. The molecule has 0 heterocycles. The van der Waals surface area contributed by atoms with Crippen LogP contribution in [-0.4, -0.2) is 21.4 Å². The molecule has 8 saturated carbocycles. The van der Waals surface area contributed by atoms with Crippen LogP contribution >= 0.6 is 17.2 Å². The lowest BCUT2D eigenvalue weighted by Crippen LogP contribution is -2.52. The average Bonchev–Trinajstić information content (AvgIpc) is 2.64. The van der Waals surface area contributed by atoms with Crippen LogP contribution in [0.4, 0.5) is 0 Å². The molecule has 0 saturated heterocycles. The van der Waals surface area contributed by atoms with Crippen LogP contribution in [0, 0.1) is 35.5 Å². The van der Waals surface area contributed by atoms with Crippen LogP contribution < -0.4 is 0 Å². The molecular formula is C27H42O2P2. The van der Waals surface area contributed by atoms with E-state index in [9.17, 15) is 4.79 Å². The van der Waals surface area contributed by atoms with Crippen LogP contribution in [0.25, 0.3) is 0 Å². The van der Waals surface area contributed by atoms with Gasteiger partial charge in [-0.2, -0.15) is 0 Å². The van der Waals surface area contributed by atoms with E-state index in [1.807, 2.05) is 6.92 Å². The van der Waals surface area contributed by atoms with Crippen molar-refractivity contribution in [3.8, 4) is 0 Å². The van der Waals surface area contributed by atoms with Crippen LogP contribution in [0.2, 0.25) is 0 Å². The molecule has 2 atom stereocenters. The number of carbonyl (C=O) groups is 1. The van der Waals surface area contributed by atoms with Gasteiger partial charge in [0.1, 0.15) is 5.08 Å². The van der Waals surface area contributed by atoms with E-state index >= 15 is 0 Å². The standard InChI is InChI=1S/C27H42O2P2/c1-4-27(29-24(28)17(2)3,30-25-11-18-5-19(12-25)7-20(6-18)13-25)31-26-14-21-8-22(15-26)10-23(9-21)16-26/h18-23,30-31H,2,4-16H2,1,3H3. The molecule has 8 aliphatic carbocycles. The van der Waals surface area contributed by atoms with Crippen LogP contribution in [0.1, 0.15) is 97.3 Å². The largest absolute Gasteiger partial charge is 0.447 e. The third kappa shape index (κ3) is 3.89. The number of hydrogen-bond donors (Lipinski definition) is 0. The molecule has 172 valence electrons. The SMILES string of the molecule is C=C(C)C(=O)OC(CC)(PC12CC3CC(CC(C3)C1)C2)PC12CC3CC(CC(C3)C1)C2. The van der Waals surface area contributed by atoms with Gasteiger partial charge < -0.3 is 4.74 Å². The highest BCUT2D eigenvalue weighted by molar-refractivity contribution is 7.60. The van der Waals surface area contributed by atoms with Gasteiger partial charge in [0.05, 0.1) is 0 Å². The Morgan fingerprint density at radius 1 is 0.806 bits per heavy atom. The van der Waals surface area contributed by atoms with Gasteiger partial charge in [-0.3, -0.25) is 0 Å². The van der Waals surface area contributed by atoms with Gasteiger partial charge in [0.15, 0.2) is 0 Å². The van der Waals surface area contributed by atoms with E-state index in [0.29, 0.717) is 15.9 Å². The normalized spacial score (nSPS) is 49.4. The summed E-state index contributed by atoms with van der Waals surface area (Å²) in [6.07, 6.45) is 18.5. The molecule has 0 aliphatic heterocycles. The van der Waals surface area contributed by atoms with E-state index in [-0.39, 0.29) is 11.1 Å². The second-order valence-corrected chi connectivity index (χ2v) is 17.7. The second-order valence-electron chi connectivity index (χ2n) is 13.0. The Morgan fingerprint density at radius 3 is 1.39 bits per heavy atom. The lowest BCUT2D eigenvalue weighted by atomic mass is 9.56. The highest BCUT2D eigenvalue weighted by atomic mass is 31.1. The number of carbonyl (C=O) groups excluding carboxylic acids is 1. The van der Waals surface area contributed by atoms with Gasteiger partial charge in [0.2, 0.25) is 0 Å². The second kappa shape index (κ2) is 7.54. The summed E-state index contributed by atoms with van der Waals surface area (Å²) in [5.74, 6) is 5.68. The van der Waals surface area contributed by atoms with Crippen molar-refractivity contribution in [3.05, 3.63) is 12.2 Å².